The van der Waals surface area contributed by atoms with E-state index in [1.807, 2.05) is 12.4 Å². The first-order chi connectivity index (χ1) is 7.27. The van der Waals surface area contributed by atoms with Crippen LogP contribution in [0.25, 0.3) is 0 Å². The molecule has 0 radical (unpaired) electrons. The van der Waals surface area contributed by atoms with Gasteiger partial charge in [0.2, 0.25) is 0 Å². The number of aromatic nitrogens is 2. The molecular weight excluding hydrogens is 186 g/mol. The topological polar surface area (TPSA) is 29.9 Å². The van der Waals surface area contributed by atoms with E-state index in [1.54, 1.807) is 0 Å². The van der Waals surface area contributed by atoms with E-state index < -0.39 is 0 Å². The Bertz CT molecular complexity index is 268. The lowest BCUT2D eigenvalue weighted by atomic mass is 10.1. The zero-order chi connectivity index (χ0) is 11.1. The van der Waals surface area contributed by atoms with Crippen molar-refractivity contribution in [2.75, 3.05) is 7.05 Å². The molecule has 1 rings (SSSR count). The molecule has 0 amide bonds. The smallest absolute Gasteiger partial charge is 0.108 e. The minimum atomic E-state index is 0.676. The van der Waals surface area contributed by atoms with Crippen molar-refractivity contribution in [1.82, 2.24) is 14.9 Å². The minimum Gasteiger partial charge on any atom is -0.338 e. The summed E-state index contributed by atoms with van der Waals surface area (Å²) < 4.78 is 2.11. The van der Waals surface area contributed by atoms with Gasteiger partial charge in [-0.2, -0.15) is 0 Å². The lowest BCUT2D eigenvalue weighted by molar-refractivity contribution is 0.466. The molecule has 0 aliphatic carbocycles. The van der Waals surface area contributed by atoms with Gasteiger partial charge in [-0.1, -0.05) is 13.3 Å². The Hall–Kier alpha value is -0.830. The van der Waals surface area contributed by atoms with Crippen molar-refractivity contribution in [3.05, 3.63) is 18.2 Å². The summed E-state index contributed by atoms with van der Waals surface area (Å²) in [6.07, 6.45) is 9.97. The Balaban J connectivity index is 2.23. The molecule has 0 fully saturated rings. The van der Waals surface area contributed by atoms with Gasteiger partial charge in [0.15, 0.2) is 0 Å². The molecular formula is C12H23N3. The van der Waals surface area contributed by atoms with E-state index in [0.717, 1.165) is 6.42 Å². The molecule has 1 heterocycles. The van der Waals surface area contributed by atoms with Crippen LogP contribution in [-0.2, 0) is 13.5 Å². The quantitative estimate of drug-likeness (QED) is 0.745. The second-order valence-corrected chi connectivity index (χ2v) is 4.12. The third-order valence-corrected chi connectivity index (χ3v) is 2.92. The normalized spacial score (nSPS) is 13.0. The van der Waals surface area contributed by atoms with Crippen LogP contribution in [0.2, 0.25) is 0 Å². The van der Waals surface area contributed by atoms with Crippen LogP contribution in [0.1, 0.15) is 38.4 Å². The van der Waals surface area contributed by atoms with Gasteiger partial charge in [0.25, 0.3) is 0 Å². The number of hydrogen-bond acceptors (Lipinski definition) is 2. The van der Waals surface area contributed by atoms with Crippen LogP contribution >= 0.6 is 0 Å². The molecule has 0 bridgehead atoms. The average molecular weight is 209 g/mol. The largest absolute Gasteiger partial charge is 0.338 e. The van der Waals surface area contributed by atoms with Gasteiger partial charge in [-0.15, -0.1) is 0 Å². The Morgan fingerprint density at radius 1 is 1.47 bits per heavy atom. The third-order valence-electron chi connectivity index (χ3n) is 2.92. The van der Waals surface area contributed by atoms with E-state index in [1.165, 1.54) is 31.5 Å². The number of hydrogen-bond donors (Lipinski definition) is 1. The predicted octanol–water partition coefficient (Wildman–Crippen LogP) is 2.13. The molecule has 0 saturated heterocycles. The molecule has 1 aromatic rings. The first-order valence-electron chi connectivity index (χ1n) is 5.91. The molecule has 3 nitrogen and oxygen atoms in total. The molecule has 0 spiro atoms. The molecule has 1 unspecified atom stereocenters. The maximum Gasteiger partial charge on any atom is 0.108 e. The molecule has 1 atom stereocenters. The predicted molar refractivity (Wildman–Crippen MR) is 63.9 cm³/mol. The number of nitrogens with zero attached hydrogens (tertiary/aromatic N) is 2. The molecule has 15 heavy (non-hydrogen) atoms. The Kier molecular flexibility index (Phi) is 5.40. The fourth-order valence-electron chi connectivity index (χ4n) is 1.93. The van der Waals surface area contributed by atoms with E-state index in [4.69, 9.17) is 0 Å². The van der Waals surface area contributed by atoms with Crippen molar-refractivity contribution >= 4 is 0 Å². The standard InChI is InChI=1S/C12H23N3/c1-4-6-11(13-2)7-5-8-12-14-9-10-15(12)3/h9-11,13H,4-8H2,1-3H3. The highest BCUT2D eigenvalue weighted by Gasteiger charge is 2.05. The highest BCUT2D eigenvalue weighted by atomic mass is 15.0. The summed E-state index contributed by atoms with van der Waals surface area (Å²) in [7, 11) is 4.12. The van der Waals surface area contributed by atoms with Crippen molar-refractivity contribution in [1.29, 1.82) is 0 Å². The number of imidazole rings is 1. The summed E-state index contributed by atoms with van der Waals surface area (Å²) in [4.78, 5) is 4.33. The SMILES string of the molecule is CCCC(CCCc1nccn1C)NC. The van der Waals surface area contributed by atoms with Gasteiger partial charge in [-0.05, 0) is 26.3 Å². The fraction of sp³-hybridized carbons (Fsp3) is 0.750. The summed E-state index contributed by atoms with van der Waals surface area (Å²) in [6.45, 7) is 2.24. The Morgan fingerprint density at radius 3 is 2.80 bits per heavy atom. The number of rotatable bonds is 7. The van der Waals surface area contributed by atoms with Crippen molar-refractivity contribution in [2.24, 2.45) is 7.05 Å². The van der Waals surface area contributed by atoms with Crippen LogP contribution < -0.4 is 5.32 Å². The molecule has 0 saturated carbocycles. The van der Waals surface area contributed by atoms with Gasteiger partial charge >= 0.3 is 0 Å². The summed E-state index contributed by atoms with van der Waals surface area (Å²) in [5, 5.41) is 3.37. The number of aryl methyl sites for hydroxylation is 2. The molecule has 0 aliphatic heterocycles. The molecule has 1 aromatic heterocycles. The van der Waals surface area contributed by atoms with Crippen LogP contribution in [0.5, 0.6) is 0 Å². The summed E-state index contributed by atoms with van der Waals surface area (Å²) >= 11 is 0. The number of nitrogens with one attached hydrogen (secondary N) is 1. The van der Waals surface area contributed by atoms with Crippen LogP contribution in [-0.4, -0.2) is 22.6 Å². The van der Waals surface area contributed by atoms with Gasteiger partial charge in [0.05, 0.1) is 0 Å². The Labute approximate surface area is 92.9 Å². The maximum atomic E-state index is 4.33. The molecule has 3 heteroatoms. The van der Waals surface area contributed by atoms with Gasteiger partial charge in [-0.25, -0.2) is 4.98 Å². The zero-order valence-corrected chi connectivity index (χ0v) is 10.2. The molecule has 86 valence electrons. The summed E-state index contributed by atoms with van der Waals surface area (Å²) in [5.41, 5.74) is 0. The van der Waals surface area contributed by atoms with Crippen molar-refractivity contribution in [2.45, 2.75) is 45.1 Å². The fourth-order valence-corrected chi connectivity index (χ4v) is 1.93. The average Bonchev–Trinajstić information content (AvgIpc) is 2.63. The summed E-state index contributed by atoms with van der Waals surface area (Å²) in [5.74, 6) is 1.20. The van der Waals surface area contributed by atoms with Crippen molar-refractivity contribution in [3.63, 3.8) is 0 Å². The van der Waals surface area contributed by atoms with E-state index in [-0.39, 0.29) is 0 Å². The van der Waals surface area contributed by atoms with Crippen LogP contribution in [0.3, 0.4) is 0 Å². The van der Waals surface area contributed by atoms with E-state index in [2.05, 4.69) is 35.9 Å². The molecule has 1 N–H and O–H groups in total. The maximum absolute atomic E-state index is 4.33. The van der Waals surface area contributed by atoms with E-state index in [9.17, 15) is 0 Å². The van der Waals surface area contributed by atoms with Crippen molar-refractivity contribution in [3.8, 4) is 0 Å². The van der Waals surface area contributed by atoms with Gasteiger partial charge < -0.3 is 9.88 Å². The molecule has 0 aromatic carbocycles. The lowest BCUT2D eigenvalue weighted by Crippen LogP contribution is -2.24. The van der Waals surface area contributed by atoms with Crippen molar-refractivity contribution < 1.29 is 0 Å². The second-order valence-electron chi connectivity index (χ2n) is 4.12. The Morgan fingerprint density at radius 2 is 2.27 bits per heavy atom. The molecule has 0 aliphatic rings. The first-order valence-corrected chi connectivity index (χ1v) is 5.91. The third kappa shape index (κ3) is 4.04. The lowest BCUT2D eigenvalue weighted by Gasteiger charge is -2.14. The zero-order valence-electron chi connectivity index (χ0n) is 10.2. The van der Waals surface area contributed by atoms with E-state index in [0.29, 0.717) is 6.04 Å². The highest BCUT2D eigenvalue weighted by molar-refractivity contribution is 4.91. The van der Waals surface area contributed by atoms with Gasteiger partial charge in [-0.3, -0.25) is 0 Å². The highest BCUT2D eigenvalue weighted by Crippen LogP contribution is 2.07. The monoisotopic (exact) mass is 209 g/mol. The second kappa shape index (κ2) is 6.62. The van der Waals surface area contributed by atoms with Gasteiger partial charge in [0.1, 0.15) is 5.82 Å². The minimum absolute atomic E-state index is 0.676. The van der Waals surface area contributed by atoms with Crippen LogP contribution in [0, 0.1) is 0 Å². The van der Waals surface area contributed by atoms with Gasteiger partial charge in [0, 0.05) is 31.9 Å². The van der Waals surface area contributed by atoms with E-state index >= 15 is 0 Å². The first kappa shape index (κ1) is 12.2. The van der Waals surface area contributed by atoms with Crippen LogP contribution in [0.4, 0.5) is 0 Å². The van der Waals surface area contributed by atoms with Crippen LogP contribution in [0.15, 0.2) is 12.4 Å². The summed E-state index contributed by atoms with van der Waals surface area (Å²) in [6, 6.07) is 0.676.